The molecule has 78 valence electrons. The van der Waals surface area contributed by atoms with E-state index >= 15 is 0 Å². The third kappa shape index (κ3) is 2.70. The highest BCUT2D eigenvalue weighted by atomic mass is 16.5. The fourth-order valence-electron chi connectivity index (χ4n) is 1.17. The third-order valence-corrected chi connectivity index (χ3v) is 1.94. The van der Waals surface area contributed by atoms with Crippen molar-refractivity contribution < 1.29 is 4.74 Å². The molecule has 15 heavy (non-hydrogen) atoms. The molecule has 1 heterocycles. The number of hydrogen-bond donors (Lipinski definition) is 1. The van der Waals surface area contributed by atoms with Gasteiger partial charge in [-0.3, -0.25) is 0 Å². The van der Waals surface area contributed by atoms with Crippen LogP contribution in [-0.2, 0) is 6.54 Å². The lowest BCUT2D eigenvalue weighted by atomic mass is 10.3. The van der Waals surface area contributed by atoms with E-state index < -0.39 is 0 Å². The van der Waals surface area contributed by atoms with Gasteiger partial charge in [-0.15, -0.1) is 5.10 Å². The number of hydrogen-bond acceptors (Lipinski definition) is 4. The van der Waals surface area contributed by atoms with Crippen molar-refractivity contribution in [1.29, 1.82) is 0 Å². The average Bonchev–Trinajstić information content (AvgIpc) is 2.74. The molecule has 0 saturated heterocycles. The van der Waals surface area contributed by atoms with Gasteiger partial charge in [0.25, 0.3) is 0 Å². The van der Waals surface area contributed by atoms with Gasteiger partial charge >= 0.3 is 0 Å². The van der Waals surface area contributed by atoms with Crippen molar-refractivity contribution in [2.75, 3.05) is 12.3 Å². The first-order chi connectivity index (χ1) is 7.34. The molecule has 0 atom stereocenters. The van der Waals surface area contributed by atoms with E-state index in [4.69, 9.17) is 10.5 Å². The van der Waals surface area contributed by atoms with E-state index in [1.165, 1.54) is 0 Å². The summed E-state index contributed by atoms with van der Waals surface area (Å²) in [5, 5.41) is 7.53. The van der Waals surface area contributed by atoms with E-state index in [1.54, 1.807) is 17.1 Å². The molecule has 2 aromatic rings. The molecule has 0 radical (unpaired) electrons. The summed E-state index contributed by atoms with van der Waals surface area (Å²) < 4.78 is 7.21. The maximum absolute atomic E-state index is 5.55. The molecule has 0 aliphatic heterocycles. The SMILES string of the molecule is Nc1ccc(OCCn2ccnn2)cc1. The predicted molar refractivity (Wildman–Crippen MR) is 56.4 cm³/mol. The van der Waals surface area contributed by atoms with Crippen LogP contribution in [0.4, 0.5) is 5.69 Å². The molecule has 1 aromatic carbocycles. The summed E-state index contributed by atoms with van der Waals surface area (Å²) in [6.07, 6.45) is 3.44. The van der Waals surface area contributed by atoms with Gasteiger partial charge in [0.2, 0.25) is 0 Å². The van der Waals surface area contributed by atoms with Crippen molar-refractivity contribution in [2.45, 2.75) is 6.54 Å². The fraction of sp³-hybridized carbons (Fsp3) is 0.200. The van der Waals surface area contributed by atoms with Crippen LogP contribution in [0.25, 0.3) is 0 Å². The Kier molecular flexibility index (Phi) is 2.82. The maximum Gasteiger partial charge on any atom is 0.119 e. The average molecular weight is 204 g/mol. The second kappa shape index (κ2) is 4.45. The standard InChI is InChI=1S/C10H12N4O/c11-9-1-3-10(4-2-9)15-8-7-14-6-5-12-13-14/h1-6H,7-8,11H2. The highest BCUT2D eigenvalue weighted by molar-refractivity contribution is 5.41. The van der Waals surface area contributed by atoms with Crippen LogP contribution < -0.4 is 10.5 Å². The predicted octanol–water partition coefficient (Wildman–Crippen LogP) is 0.939. The molecule has 0 aliphatic carbocycles. The Bertz CT molecular complexity index is 396. The Morgan fingerprint density at radius 1 is 1.27 bits per heavy atom. The minimum atomic E-state index is 0.563. The normalized spacial score (nSPS) is 10.1. The maximum atomic E-state index is 5.55. The first-order valence-electron chi connectivity index (χ1n) is 4.67. The van der Waals surface area contributed by atoms with Gasteiger partial charge in [0.1, 0.15) is 12.4 Å². The number of anilines is 1. The lowest BCUT2D eigenvalue weighted by Crippen LogP contribution is -2.08. The number of nitrogens with zero attached hydrogens (tertiary/aromatic N) is 3. The van der Waals surface area contributed by atoms with Crippen LogP contribution in [0.2, 0.25) is 0 Å². The minimum Gasteiger partial charge on any atom is -0.492 e. The van der Waals surface area contributed by atoms with Crippen LogP contribution >= 0.6 is 0 Å². The van der Waals surface area contributed by atoms with Crippen LogP contribution in [0.1, 0.15) is 0 Å². The van der Waals surface area contributed by atoms with Crippen molar-refractivity contribution in [3.8, 4) is 5.75 Å². The van der Waals surface area contributed by atoms with Crippen molar-refractivity contribution in [1.82, 2.24) is 15.0 Å². The Labute approximate surface area is 87.5 Å². The Morgan fingerprint density at radius 3 is 2.73 bits per heavy atom. The molecule has 2 N–H and O–H groups in total. The molecule has 5 heteroatoms. The molecular formula is C10H12N4O. The molecule has 1 aromatic heterocycles. The molecule has 0 unspecified atom stereocenters. The van der Waals surface area contributed by atoms with Gasteiger partial charge in [-0.1, -0.05) is 5.21 Å². The van der Waals surface area contributed by atoms with Crippen LogP contribution in [0.5, 0.6) is 5.75 Å². The number of nitrogen functional groups attached to an aromatic ring is 1. The van der Waals surface area contributed by atoms with Crippen molar-refractivity contribution >= 4 is 5.69 Å². The highest BCUT2D eigenvalue weighted by Gasteiger charge is 1.94. The lowest BCUT2D eigenvalue weighted by Gasteiger charge is -2.05. The molecule has 5 nitrogen and oxygen atoms in total. The molecular weight excluding hydrogens is 192 g/mol. The quantitative estimate of drug-likeness (QED) is 0.753. The molecule has 0 spiro atoms. The third-order valence-electron chi connectivity index (χ3n) is 1.94. The van der Waals surface area contributed by atoms with E-state index in [1.807, 2.05) is 24.3 Å². The van der Waals surface area contributed by atoms with E-state index in [0.717, 1.165) is 11.4 Å². The number of aromatic nitrogens is 3. The molecule has 0 amide bonds. The second-order valence-corrected chi connectivity index (χ2v) is 3.08. The zero-order valence-electron chi connectivity index (χ0n) is 8.21. The molecule has 0 aliphatic rings. The Hall–Kier alpha value is -2.04. The first-order valence-corrected chi connectivity index (χ1v) is 4.67. The van der Waals surface area contributed by atoms with Crippen molar-refractivity contribution in [2.24, 2.45) is 0 Å². The van der Waals surface area contributed by atoms with Crippen molar-refractivity contribution in [3.05, 3.63) is 36.7 Å². The van der Waals surface area contributed by atoms with Crippen molar-refractivity contribution in [3.63, 3.8) is 0 Å². The molecule has 0 fully saturated rings. The summed E-state index contributed by atoms with van der Waals surface area (Å²) in [5.74, 6) is 0.810. The zero-order chi connectivity index (χ0) is 10.5. The monoisotopic (exact) mass is 204 g/mol. The summed E-state index contributed by atoms with van der Waals surface area (Å²) in [4.78, 5) is 0. The summed E-state index contributed by atoms with van der Waals surface area (Å²) >= 11 is 0. The summed E-state index contributed by atoms with van der Waals surface area (Å²) in [6.45, 7) is 1.25. The van der Waals surface area contributed by atoms with Gasteiger partial charge < -0.3 is 10.5 Å². The lowest BCUT2D eigenvalue weighted by molar-refractivity contribution is 0.290. The van der Waals surface area contributed by atoms with E-state index in [-0.39, 0.29) is 0 Å². The van der Waals surface area contributed by atoms with Gasteiger partial charge in [0.15, 0.2) is 0 Å². The zero-order valence-corrected chi connectivity index (χ0v) is 8.21. The number of benzene rings is 1. The van der Waals surface area contributed by atoms with E-state index in [9.17, 15) is 0 Å². The van der Waals surface area contributed by atoms with Gasteiger partial charge in [0.05, 0.1) is 12.7 Å². The topological polar surface area (TPSA) is 66.0 Å². The highest BCUT2D eigenvalue weighted by Crippen LogP contribution is 2.12. The van der Waals surface area contributed by atoms with Gasteiger partial charge in [-0.05, 0) is 24.3 Å². The van der Waals surface area contributed by atoms with Gasteiger partial charge in [-0.25, -0.2) is 4.68 Å². The number of nitrogens with two attached hydrogens (primary N) is 1. The van der Waals surface area contributed by atoms with Crippen LogP contribution in [0.15, 0.2) is 36.7 Å². The largest absolute Gasteiger partial charge is 0.492 e. The van der Waals surface area contributed by atoms with E-state index in [0.29, 0.717) is 13.2 Å². The van der Waals surface area contributed by atoms with E-state index in [2.05, 4.69) is 10.3 Å². The Balaban J connectivity index is 1.81. The Morgan fingerprint density at radius 2 is 2.07 bits per heavy atom. The second-order valence-electron chi connectivity index (χ2n) is 3.08. The molecule has 0 bridgehead atoms. The molecule has 0 saturated carbocycles. The summed E-state index contributed by atoms with van der Waals surface area (Å²) in [5.41, 5.74) is 6.29. The minimum absolute atomic E-state index is 0.563. The first kappa shape index (κ1) is 9.51. The number of ether oxygens (including phenoxy) is 1. The fourth-order valence-corrected chi connectivity index (χ4v) is 1.17. The van der Waals surface area contributed by atoms with Crippen LogP contribution in [0, 0.1) is 0 Å². The van der Waals surface area contributed by atoms with Gasteiger partial charge in [0, 0.05) is 11.9 Å². The van der Waals surface area contributed by atoms with Crippen LogP contribution in [0.3, 0.4) is 0 Å². The van der Waals surface area contributed by atoms with Crippen LogP contribution in [-0.4, -0.2) is 21.6 Å². The number of rotatable bonds is 4. The molecule has 2 rings (SSSR count). The van der Waals surface area contributed by atoms with Gasteiger partial charge in [-0.2, -0.15) is 0 Å². The summed E-state index contributed by atoms with van der Waals surface area (Å²) in [6, 6.07) is 7.31. The summed E-state index contributed by atoms with van der Waals surface area (Å²) in [7, 11) is 0. The smallest absolute Gasteiger partial charge is 0.119 e.